The molecular formula is C10H17NO2S2. The second kappa shape index (κ2) is 5.09. The molecule has 3 nitrogen and oxygen atoms in total. The second-order valence-electron chi connectivity index (χ2n) is 3.71. The first-order valence-electron chi connectivity index (χ1n) is 4.83. The van der Waals surface area contributed by atoms with Gasteiger partial charge in [0.1, 0.15) is 0 Å². The van der Waals surface area contributed by atoms with Crippen LogP contribution in [-0.2, 0) is 16.3 Å². The predicted molar refractivity (Wildman–Crippen MR) is 65.2 cm³/mol. The monoisotopic (exact) mass is 247 g/mol. The van der Waals surface area contributed by atoms with Gasteiger partial charge in [0.2, 0.25) is 0 Å². The van der Waals surface area contributed by atoms with Gasteiger partial charge < -0.3 is 5.32 Å². The van der Waals surface area contributed by atoms with E-state index in [-0.39, 0.29) is 11.3 Å². The summed E-state index contributed by atoms with van der Waals surface area (Å²) in [7, 11) is -1.17. The summed E-state index contributed by atoms with van der Waals surface area (Å²) in [6.07, 6.45) is 2.05. The third-order valence-corrected chi connectivity index (χ3v) is 5.19. The van der Waals surface area contributed by atoms with E-state index in [1.807, 2.05) is 17.5 Å². The lowest BCUT2D eigenvalue weighted by Crippen LogP contribution is -2.41. The van der Waals surface area contributed by atoms with Crippen molar-refractivity contribution in [1.29, 1.82) is 0 Å². The van der Waals surface area contributed by atoms with Crippen LogP contribution in [0.2, 0.25) is 0 Å². The average molecular weight is 247 g/mol. The Balaban J connectivity index is 2.73. The van der Waals surface area contributed by atoms with E-state index in [9.17, 15) is 8.42 Å². The molecule has 1 heterocycles. The van der Waals surface area contributed by atoms with Gasteiger partial charge in [0, 0.05) is 17.2 Å². The van der Waals surface area contributed by atoms with Gasteiger partial charge in [0.25, 0.3) is 0 Å². The predicted octanol–water partition coefficient (Wildman–Crippen LogP) is 1.31. The standard InChI is InChI=1S/C10H17NO2S2/c1-8(15(3,12)13)10(11-2)7-9-5-4-6-14-9/h4-6,8,10-11H,7H2,1-3H3. The zero-order valence-electron chi connectivity index (χ0n) is 9.23. The van der Waals surface area contributed by atoms with Crippen molar-refractivity contribution < 1.29 is 8.42 Å². The minimum atomic E-state index is -2.98. The molecule has 15 heavy (non-hydrogen) atoms. The van der Waals surface area contributed by atoms with E-state index in [0.717, 1.165) is 6.42 Å². The highest BCUT2D eigenvalue weighted by atomic mass is 32.2. The van der Waals surface area contributed by atoms with Crippen LogP contribution in [0.25, 0.3) is 0 Å². The lowest BCUT2D eigenvalue weighted by molar-refractivity contribution is 0.518. The Bertz CT molecular complexity index is 384. The number of hydrogen-bond acceptors (Lipinski definition) is 4. The molecule has 0 radical (unpaired) electrons. The van der Waals surface area contributed by atoms with Crippen LogP contribution in [0, 0.1) is 0 Å². The molecule has 0 spiro atoms. The Morgan fingerprint density at radius 2 is 2.20 bits per heavy atom. The lowest BCUT2D eigenvalue weighted by Gasteiger charge is -2.21. The molecule has 86 valence electrons. The van der Waals surface area contributed by atoms with Gasteiger partial charge in [0.15, 0.2) is 9.84 Å². The Morgan fingerprint density at radius 1 is 1.53 bits per heavy atom. The molecule has 1 N–H and O–H groups in total. The van der Waals surface area contributed by atoms with E-state index in [0.29, 0.717) is 0 Å². The molecule has 0 bridgehead atoms. The van der Waals surface area contributed by atoms with Crippen molar-refractivity contribution in [2.24, 2.45) is 0 Å². The molecular weight excluding hydrogens is 230 g/mol. The summed E-state index contributed by atoms with van der Waals surface area (Å²) < 4.78 is 22.8. The molecule has 0 aliphatic heterocycles. The highest BCUT2D eigenvalue weighted by Crippen LogP contribution is 2.15. The Labute approximate surface area is 95.4 Å². The lowest BCUT2D eigenvalue weighted by atomic mass is 10.1. The molecule has 0 fully saturated rings. The van der Waals surface area contributed by atoms with Crippen LogP contribution >= 0.6 is 11.3 Å². The highest BCUT2D eigenvalue weighted by molar-refractivity contribution is 7.91. The summed E-state index contributed by atoms with van der Waals surface area (Å²) in [6.45, 7) is 1.75. The Kier molecular flexibility index (Phi) is 4.31. The molecule has 0 aliphatic carbocycles. The van der Waals surface area contributed by atoms with Gasteiger partial charge in [-0.15, -0.1) is 11.3 Å². The number of hydrogen-bond donors (Lipinski definition) is 1. The molecule has 0 amide bonds. The van der Waals surface area contributed by atoms with Crippen molar-refractivity contribution in [2.75, 3.05) is 13.3 Å². The Hall–Kier alpha value is -0.390. The summed E-state index contributed by atoms with van der Waals surface area (Å²) in [5.74, 6) is 0. The van der Waals surface area contributed by atoms with Gasteiger partial charge >= 0.3 is 0 Å². The van der Waals surface area contributed by atoms with Gasteiger partial charge in [-0.1, -0.05) is 6.07 Å². The largest absolute Gasteiger partial charge is 0.315 e. The fourth-order valence-electron chi connectivity index (χ4n) is 1.45. The van der Waals surface area contributed by atoms with Crippen molar-refractivity contribution in [2.45, 2.75) is 24.6 Å². The van der Waals surface area contributed by atoms with Crippen LogP contribution in [0.4, 0.5) is 0 Å². The molecule has 5 heteroatoms. The van der Waals surface area contributed by atoms with Crippen LogP contribution in [-0.4, -0.2) is 33.0 Å². The average Bonchev–Trinajstić information content (AvgIpc) is 2.64. The van der Waals surface area contributed by atoms with E-state index in [2.05, 4.69) is 5.32 Å². The summed E-state index contributed by atoms with van der Waals surface area (Å²) in [5.41, 5.74) is 0. The maximum absolute atomic E-state index is 11.4. The van der Waals surface area contributed by atoms with Gasteiger partial charge in [0.05, 0.1) is 5.25 Å². The van der Waals surface area contributed by atoms with Crippen LogP contribution in [0.3, 0.4) is 0 Å². The molecule has 2 atom stereocenters. The van der Waals surface area contributed by atoms with E-state index in [1.165, 1.54) is 11.1 Å². The van der Waals surface area contributed by atoms with Gasteiger partial charge in [-0.2, -0.15) is 0 Å². The minimum Gasteiger partial charge on any atom is -0.315 e. The SMILES string of the molecule is CNC(Cc1cccs1)C(C)S(C)(=O)=O. The maximum atomic E-state index is 11.4. The minimum absolute atomic E-state index is 0.0151. The van der Waals surface area contributed by atoms with Crippen molar-refractivity contribution in [3.8, 4) is 0 Å². The van der Waals surface area contributed by atoms with Gasteiger partial charge in [-0.25, -0.2) is 8.42 Å². The van der Waals surface area contributed by atoms with E-state index in [1.54, 1.807) is 25.3 Å². The molecule has 0 saturated carbocycles. The van der Waals surface area contributed by atoms with E-state index >= 15 is 0 Å². The van der Waals surface area contributed by atoms with Crippen LogP contribution < -0.4 is 5.32 Å². The fourth-order valence-corrected chi connectivity index (χ4v) is 3.04. The van der Waals surface area contributed by atoms with Crippen molar-refractivity contribution in [1.82, 2.24) is 5.32 Å². The van der Waals surface area contributed by atoms with Crippen molar-refractivity contribution >= 4 is 21.2 Å². The van der Waals surface area contributed by atoms with Gasteiger partial charge in [-0.3, -0.25) is 0 Å². The fraction of sp³-hybridized carbons (Fsp3) is 0.600. The normalized spacial score (nSPS) is 16.2. The first-order valence-corrected chi connectivity index (χ1v) is 7.67. The smallest absolute Gasteiger partial charge is 0.151 e. The number of rotatable bonds is 5. The number of thiophene rings is 1. The highest BCUT2D eigenvalue weighted by Gasteiger charge is 2.24. The molecule has 0 aromatic carbocycles. The summed E-state index contributed by atoms with van der Waals surface area (Å²) in [4.78, 5) is 1.21. The van der Waals surface area contributed by atoms with Crippen LogP contribution in [0.1, 0.15) is 11.8 Å². The van der Waals surface area contributed by atoms with Crippen molar-refractivity contribution in [3.63, 3.8) is 0 Å². The second-order valence-corrected chi connectivity index (χ2v) is 7.15. The summed E-state index contributed by atoms with van der Waals surface area (Å²) >= 11 is 1.66. The molecule has 1 aromatic rings. The van der Waals surface area contributed by atoms with Gasteiger partial charge in [-0.05, 0) is 31.8 Å². The molecule has 1 aromatic heterocycles. The molecule has 2 unspecified atom stereocenters. The number of sulfone groups is 1. The zero-order chi connectivity index (χ0) is 11.5. The van der Waals surface area contributed by atoms with Crippen LogP contribution in [0.15, 0.2) is 17.5 Å². The molecule has 0 aliphatic rings. The maximum Gasteiger partial charge on any atom is 0.151 e. The number of likely N-dealkylation sites (N-methyl/N-ethyl adjacent to an activating group) is 1. The third-order valence-electron chi connectivity index (χ3n) is 2.61. The quantitative estimate of drug-likeness (QED) is 0.853. The first-order chi connectivity index (χ1) is 6.95. The first kappa shape index (κ1) is 12.7. The number of nitrogens with one attached hydrogen (secondary N) is 1. The van der Waals surface area contributed by atoms with E-state index < -0.39 is 9.84 Å². The Morgan fingerprint density at radius 3 is 2.60 bits per heavy atom. The van der Waals surface area contributed by atoms with Crippen molar-refractivity contribution in [3.05, 3.63) is 22.4 Å². The topological polar surface area (TPSA) is 46.2 Å². The molecule has 1 rings (SSSR count). The zero-order valence-corrected chi connectivity index (χ0v) is 10.9. The van der Waals surface area contributed by atoms with Crippen LogP contribution in [0.5, 0.6) is 0 Å². The third kappa shape index (κ3) is 3.59. The summed E-state index contributed by atoms with van der Waals surface area (Å²) in [5, 5.41) is 4.72. The van der Waals surface area contributed by atoms with E-state index in [4.69, 9.17) is 0 Å². The summed E-state index contributed by atoms with van der Waals surface area (Å²) in [6, 6.07) is 4.00. The molecule has 0 saturated heterocycles.